The number of piperazine rings is 1. The molecule has 4 aromatic heterocycles. The minimum absolute atomic E-state index is 0.781. The Morgan fingerprint density at radius 3 is 2.92 bits per heavy atom. The van der Waals surface area contributed by atoms with Gasteiger partial charge in [0.1, 0.15) is 6.33 Å². The minimum Gasteiger partial charge on any atom is -0.368 e. The lowest BCUT2D eigenvalue weighted by Gasteiger charge is -2.35. The fraction of sp³-hybridized carbons (Fsp3) is 0.294. The number of thiophene rings is 1. The number of aromatic nitrogens is 6. The summed E-state index contributed by atoms with van der Waals surface area (Å²) in [6, 6.07) is 6.25. The lowest BCUT2D eigenvalue weighted by molar-refractivity contribution is 0.250. The Hall–Kier alpha value is -2.78. The first-order valence-corrected chi connectivity index (χ1v) is 9.44. The van der Waals surface area contributed by atoms with Crippen LogP contribution in [0.15, 0.2) is 42.3 Å². The van der Waals surface area contributed by atoms with E-state index in [1.807, 2.05) is 18.5 Å². The summed E-state index contributed by atoms with van der Waals surface area (Å²) >= 11 is 1.74. The predicted octanol–water partition coefficient (Wildman–Crippen LogP) is 1.90. The Bertz CT molecular complexity index is 997. The number of anilines is 1. The first kappa shape index (κ1) is 15.5. The van der Waals surface area contributed by atoms with Crippen LogP contribution in [-0.4, -0.2) is 61.1 Å². The lowest BCUT2D eigenvalue weighted by atomic mass is 10.2. The summed E-state index contributed by atoms with van der Waals surface area (Å²) < 4.78 is 1.69. The molecule has 0 bridgehead atoms. The van der Waals surface area contributed by atoms with Crippen LogP contribution in [0, 0.1) is 0 Å². The van der Waals surface area contributed by atoms with E-state index in [4.69, 9.17) is 0 Å². The molecule has 8 nitrogen and oxygen atoms in total. The molecule has 26 heavy (non-hydrogen) atoms. The van der Waals surface area contributed by atoms with Gasteiger partial charge in [0.2, 0.25) is 0 Å². The van der Waals surface area contributed by atoms with E-state index in [0.29, 0.717) is 0 Å². The first-order chi connectivity index (χ1) is 12.9. The monoisotopic (exact) mass is 366 g/mol. The van der Waals surface area contributed by atoms with E-state index < -0.39 is 0 Å². The Morgan fingerprint density at radius 1 is 1.15 bits per heavy atom. The molecule has 0 saturated carbocycles. The molecule has 1 saturated heterocycles. The highest BCUT2D eigenvalue weighted by Crippen LogP contribution is 2.27. The Morgan fingerprint density at radius 2 is 2.08 bits per heavy atom. The van der Waals surface area contributed by atoms with Gasteiger partial charge >= 0.3 is 0 Å². The molecule has 132 valence electrons. The van der Waals surface area contributed by atoms with E-state index in [1.165, 1.54) is 10.4 Å². The van der Waals surface area contributed by atoms with Crippen LogP contribution in [0.4, 0.5) is 5.69 Å². The number of aromatic amines is 1. The topological polar surface area (TPSA) is 78.2 Å². The summed E-state index contributed by atoms with van der Waals surface area (Å²) in [5, 5.41) is 21.8. The van der Waals surface area contributed by atoms with Crippen LogP contribution in [0.25, 0.3) is 16.2 Å². The van der Waals surface area contributed by atoms with Crippen molar-refractivity contribution in [2.45, 2.75) is 6.54 Å². The average molecular weight is 366 g/mol. The lowest BCUT2D eigenvalue weighted by Crippen LogP contribution is -2.46. The van der Waals surface area contributed by atoms with Crippen molar-refractivity contribution in [2.24, 2.45) is 0 Å². The number of nitrogens with one attached hydrogen (secondary N) is 1. The highest BCUT2D eigenvalue weighted by atomic mass is 32.1. The van der Waals surface area contributed by atoms with Crippen LogP contribution in [0.1, 0.15) is 5.56 Å². The van der Waals surface area contributed by atoms with Gasteiger partial charge in [-0.2, -0.15) is 10.2 Å². The van der Waals surface area contributed by atoms with Crippen molar-refractivity contribution >= 4 is 22.7 Å². The smallest absolute Gasteiger partial charge is 0.179 e. The number of hydrogen-bond donors (Lipinski definition) is 1. The number of rotatable bonds is 4. The zero-order valence-corrected chi connectivity index (χ0v) is 14.9. The zero-order chi connectivity index (χ0) is 17.3. The molecule has 1 aliphatic heterocycles. The van der Waals surface area contributed by atoms with Crippen LogP contribution in [0.5, 0.6) is 0 Å². The number of hydrogen-bond acceptors (Lipinski definition) is 7. The molecule has 4 aromatic rings. The molecule has 0 spiro atoms. The normalized spacial score (nSPS) is 15.8. The third-order valence-electron chi connectivity index (χ3n) is 4.76. The van der Waals surface area contributed by atoms with Crippen molar-refractivity contribution in [3.63, 3.8) is 0 Å². The number of fused-ring (bicyclic) bond motifs is 1. The maximum atomic E-state index is 4.36. The van der Waals surface area contributed by atoms with Crippen LogP contribution in [0.3, 0.4) is 0 Å². The summed E-state index contributed by atoms with van der Waals surface area (Å²) in [4.78, 5) is 6.07. The largest absolute Gasteiger partial charge is 0.368 e. The highest BCUT2D eigenvalue weighted by Gasteiger charge is 2.20. The van der Waals surface area contributed by atoms with Gasteiger partial charge in [0.25, 0.3) is 0 Å². The van der Waals surface area contributed by atoms with Crippen LogP contribution in [-0.2, 0) is 6.54 Å². The van der Waals surface area contributed by atoms with Crippen molar-refractivity contribution in [3.8, 4) is 10.6 Å². The second-order valence-corrected chi connectivity index (χ2v) is 7.31. The molecule has 1 fully saturated rings. The van der Waals surface area contributed by atoms with Gasteiger partial charge in [-0.3, -0.25) is 10.00 Å². The maximum absolute atomic E-state index is 4.36. The standard InChI is InChI=1S/C17H18N8S/c1-2-15(26-7-1)17-13(9-18-22-17)11-23-3-5-24(6-4-23)14-8-16-21-19-12-25(16)20-10-14/h1-2,7-10,12H,3-6,11H2,(H,18,22). The van der Waals surface area contributed by atoms with E-state index in [2.05, 4.69) is 52.8 Å². The predicted molar refractivity (Wildman–Crippen MR) is 100 cm³/mol. The Kier molecular flexibility index (Phi) is 3.87. The molecule has 0 aliphatic carbocycles. The van der Waals surface area contributed by atoms with Crippen LogP contribution >= 0.6 is 11.3 Å². The van der Waals surface area contributed by atoms with Gasteiger partial charge in [0.05, 0.1) is 28.7 Å². The molecule has 5 rings (SSSR count). The van der Waals surface area contributed by atoms with Gasteiger partial charge in [-0.1, -0.05) is 6.07 Å². The van der Waals surface area contributed by atoms with Gasteiger partial charge in [0, 0.05) is 44.4 Å². The summed E-state index contributed by atoms with van der Waals surface area (Å²) in [6.07, 6.45) is 5.45. The summed E-state index contributed by atoms with van der Waals surface area (Å²) in [7, 11) is 0. The van der Waals surface area contributed by atoms with E-state index in [1.54, 1.807) is 22.2 Å². The van der Waals surface area contributed by atoms with Gasteiger partial charge in [-0.15, -0.1) is 21.5 Å². The molecule has 5 heterocycles. The van der Waals surface area contributed by atoms with Gasteiger partial charge < -0.3 is 4.90 Å². The van der Waals surface area contributed by atoms with Crippen molar-refractivity contribution in [3.05, 3.63) is 47.9 Å². The second kappa shape index (κ2) is 6.50. The molecule has 0 aromatic carbocycles. The molecule has 1 N–H and O–H groups in total. The van der Waals surface area contributed by atoms with E-state index in [9.17, 15) is 0 Å². The number of nitrogens with zero attached hydrogens (tertiary/aromatic N) is 7. The first-order valence-electron chi connectivity index (χ1n) is 8.56. The summed E-state index contributed by atoms with van der Waals surface area (Å²) in [5.41, 5.74) is 4.29. The van der Waals surface area contributed by atoms with Crippen LogP contribution in [0.2, 0.25) is 0 Å². The van der Waals surface area contributed by atoms with E-state index >= 15 is 0 Å². The van der Waals surface area contributed by atoms with E-state index in [0.717, 1.165) is 49.8 Å². The quantitative estimate of drug-likeness (QED) is 0.594. The summed E-state index contributed by atoms with van der Waals surface area (Å²) in [5.74, 6) is 0. The molecule has 9 heteroatoms. The SMILES string of the molecule is c1csc(-c2[nH]ncc2CN2CCN(c3cnn4cnnc4c3)CC2)c1. The molecular weight excluding hydrogens is 348 g/mol. The third kappa shape index (κ3) is 2.85. The Balaban J connectivity index is 1.25. The van der Waals surface area contributed by atoms with Crippen molar-refractivity contribution in [2.75, 3.05) is 31.1 Å². The summed E-state index contributed by atoms with van der Waals surface area (Å²) in [6.45, 7) is 4.87. The highest BCUT2D eigenvalue weighted by molar-refractivity contribution is 7.13. The molecule has 0 amide bonds. The van der Waals surface area contributed by atoms with Gasteiger partial charge in [0.15, 0.2) is 5.65 Å². The van der Waals surface area contributed by atoms with Gasteiger partial charge in [-0.05, 0) is 11.4 Å². The zero-order valence-electron chi connectivity index (χ0n) is 14.1. The van der Waals surface area contributed by atoms with Crippen molar-refractivity contribution in [1.29, 1.82) is 0 Å². The minimum atomic E-state index is 0.781. The van der Waals surface area contributed by atoms with Crippen molar-refractivity contribution < 1.29 is 0 Å². The van der Waals surface area contributed by atoms with Crippen LogP contribution < -0.4 is 4.90 Å². The second-order valence-electron chi connectivity index (χ2n) is 6.36. The molecule has 1 aliphatic rings. The fourth-order valence-electron chi connectivity index (χ4n) is 3.36. The van der Waals surface area contributed by atoms with E-state index in [-0.39, 0.29) is 0 Å². The Labute approximate surface area is 154 Å². The molecule has 0 unspecified atom stereocenters. The van der Waals surface area contributed by atoms with Crippen molar-refractivity contribution in [1.82, 2.24) is 34.9 Å². The molecular formula is C17H18N8S. The fourth-order valence-corrected chi connectivity index (χ4v) is 4.11. The molecule has 0 atom stereocenters. The third-order valence-corrected chi connectivity index (χ3v) is 5.65. The van der Waals surface area contributed by atoms with Gasteiger partial charge in [-0.25, -0.2) is 4.52 Å². The number of H-pyrrole nitrogens is 1. The average Bonchev–Trinajstić information content (AvgIpc) is 3.43. The molecule has 0 radical (unpaired) electrons. The maximum Gasteiger partial charge on any atom is 0.179 e.